The van der Waals surface area contributed by atoms with Crippen LogP contribution in [0.3, 0.4) is 0 Å². The first-order valence-electron chi connectivity index (χ1n) is 1.94. The largest absolute Gasteiger partial charge is 0.426 e. The molecule has 0 amide bonds. The lowest BCUT2D eigenvalue weighted by molar-refractivity contribution is -0.219. The van der Waals surface area contributed by atoms with Crippen molar-refractivity contribution in [2.75, 3.05) is 0 Å². The second kappa shape index (κ2) is 2.52. The van der Waals surface area contributed by atoms with Crippen molar-refractivity contribution in [1.29, 1.82) is 0 Å². The van der Waals surface area contributed by atoms with Crippen molar-refractivity contribution in [3.8, 4) is 0 Å². The predicted molar refractivity (Wildman–Crippen MR) is 23.5 cm³/mol. The molecule has 0 heterocycles. The van der Waals surface area contributed by atoms with Crippen LogP contribution in [0.1, 0.15) is 0 Å². The van der Waals surface area contributed by atoms with E-state index >= 15 is 0 Å². The number of hydrogen-bond acceptors (Lipinski definition) is 0. The second-order valence-corrected chi connectivity index (χ2v) is 2.01. The van der Waals surface area contributed by atoms with Crippen LogP contribution >= 0.6 is 12.6 Å². The van der Waals surface area contributed by atoms with Gasteiger partial charge in [0.05, 0.1) is 0 Å². The van der Waals surface area contributed by atoms with Crippen molar-refractivity contribution in [3.05, 3.63) is 0 Å². The maximum absolute atomic E-state index is 11.4. The molecule has 0 N–H and O–H groups in total. The second-order valence-electron chi connectivity index (χ2n) is 1.47. The fourth-order valence-electron chi connectivity index (χ4n) is 0.191. The molecule has 0 rings (SSSR count). The molecule has 0 spiro atoms. The summed E-state index contributed by atoms with van der Waals surface area (Å²) in [6, 6.07) is 0. The smallest absolute Gasteiger partial charge is 0.230 e. The summed E-state index contributed by atoms with van der Waals surface area (Å²) in [5.74, 6) is 0. The average Bonchev–Trinajstić information content (AvgIpc) is 1.59. The van der Waals surface area contributed by atoms with Gasteiger partial charge in [-0.05, 0) is 12.6 Å². The van der Waals surface area contributed by atoms with Crippen LogP contribution in [0, 0.1) is 0 Å². The van der Waals surface area contributed by atoms with E-state index in [0.29, 0.717) is 0 Å². The summed E-state index contributed by atoms with van der Waals surface area (Å²) < 4.78 is 67.2. The molecular formula is C3HF6S. The first kappa shape index (κ1) is 9.93. The molecule has 0 aromatic rings. The molecule has 0 saturated carbocycles. The monoisotopic (exact) mass is 183 g/mol. The van der Waals surface area contributed by atoms with Crippen LogP contribution in [0.2, 0.25) is 0 Å². The predicted octanol–water partition coefficient (Wildman–Crippen LogP) is 2.68. The Hall–Kier alpha value is -0.0700. The highest BCUT2D eigenvalue weighted by atomic mass is 32.1. The van der Waals surface area contributed by atoms with Crippen LogP contribution in [-0.2, 0) is 0 Å². The summed E-state index contributed by atoms with van der Waals surface area (Å²) in [7, 11) is 0. The lowest BCUT2D eigenvalue weighted by atomic mass is 10.4. The quantitative estimate of drug-likeness (QED) is 0.548. The highest BCUT2D eigenvalue weighted by molar-refractivity contribution is 7.81. The molecule has 10 heavy (non-hydrogen) atoms. The Bertz CT molecular complexity index is 97.1. The standard InChI is InChI=1S/C3HF6S/c4-1(2(5,6)7)3(8,9)10/h1H. The van der Waals surface area contributed by atoms with Crippen LogP contribution in [0.15, 0.2) is 0 Å². The molecule has 0 nitrogen and oxygen atoms in total. The van der Waals surface area contributed by atoms with Gasteiger partial charge in [-0.3, -0.25) is 0 Å². The van der Waals surface area contributed by atoms with Gasteiger partial charge in [-0.15, -0.1) is 0 Å². The van der Waals surface area contributed by atoms with E-state index < -0.39 is 17.6 Å². The summed E-state index contributed by atoms with van der Waals surface area (Å²) in [4.78, 5) is 0. The van der Waals surface area contributed by atoms with E-state index in [1.54, 1.807) is 0 Å². The first-order valence-corrected chi connectivity index (χ1v) is 2.35. The number of rotatable bonds is 1. The van der Waals surface area contributed by atoms with Gasteiger partial charge < -0.3 is 0 Å². The van der Waals surface area contributed by atoms with Crippen LogP contribution < -0.4 is 0 Å². The Balaban J connectivity index is 4.23. The van der Waals surface area contributed by atoms with Crippen molar-refractivity contribution < 1.29 is 26.3 Å². The minimum absolute atomic E-state index is 2.93. The van der Waals surface area contributed by atoms with Gasteiger partial charge in [-0.1, -0.05) is 0 Å². The zero-order chi connectivity index (χ0) is 8.58. The molecule has 0 bridgehead atoms. The Morgan fingerprint density at radius 1 is 1.00 bits per heavy atom. The Kier molecular flexibility index (Phi) is 2.50. The number of halogens is 6. The van der Waals surface area contributed by atoms with E-state index in [1.807, 2.05) is 0 Å². The van der Waals surface area contributed by atoms with Crippen LogP contribution in [-0.4, -0.2) is 17.6 Å². The van der Waals surface area contributed by atoms with E-state index in [0.717, 1.165) is 0 Å². The Morgan fingerprint density at radius 3 is 1.30 bits per heavy atom. The van der Waals surface area contributed by atoms with Crippen molar-refractivity contribution in [3.63, 3.8) is 0 Å². The molecule has 1 radical (unpaired) electrons. The summed E-state index contributed by atoms with van der Waals surface area (Å²) in [5.41, 5.74) is 0. The van der Waals surface area contributed by atoms with E-state index in [-0.39, 0.29) is 0 Å². The summed E-state index contributed by atoms with van der Waals surface area (Å²) >= 11 is 2.93. The van der Waals surface area contributed by atoms with Crippen molar-refractivity contribution >= 4 is 12.6 Å². The summed E-state index contributed by atoms with van der Waals surface area (Å²) in [6.07, 6.45) is -9.83. The third-order valence-corrected chi connectivity index (χ3v) is 0.789. The van der Waals surface area contributed by atoms with E-state index in [4.69, 9.17) is 0 Å². The number of hydrogen-bond donors (Lipinski definition) is 0. The van der Waals surface area contributed by atoms with E-state index in [9.17, 15) is 26.3 Å². The Morgan fingerprint density at radius 2 is 1.30 bits per heavy atom. The molecule has 0 fully saturated rings. The van der Waals surface area contributed by atoms with E-state index in [1.165, 1.54) is 0 Å². The number of alkyl halides is 6. The lowest BCUT2D eigenvalue weighted by Gasteiger charge is -2.16. The van der Waals surface area contributed by atoms with Crippen molar-refractivity contribution in [2.45, 2.75) is 17.6 Å². The average molecular weight is 183 g/mol. The molecule has 0 aliphatic heterocycles. The summed E-state index contributed by atoms with van der Waals surface area (Å²) in [6.45, 7) is 0. The molecule has 1 unspecified atom stereocenters. The molecular weight excluding hydrogens is 182 g/mol. The van der Waals surface area contributed by atoms with Crippen LogP contribution in [0.5, 0.6) is 0 Å². The normalized spacial score (nSPS) is 17.1. The van der Waals surface area contributed by atoms with Crippen molar-refractivity contribution in [2.24, 2.45) is 0 Å². The topological polar surface area (TPSA) is 0 Å². The van der Waals surface area contributed by atoms with E-state index in [2.05, 4.69) is 12.6 Å². The van der Waals surface area contributed by atoms with Gasteiger partial charge >= 0.3 is 11.4 Å². The molecule has 0 aromatic carbocycles. The zero-order valence-electron chi connectivity index (χ0n) is 4.25. The molecule has 1 atom stereocenters. The molecule has 0 aliphatic carbocycles. The van der Waals surface area contributed by atoms with Crippen LogP contribution in [0.25, 0.3) is 0 Å². The molecule has 0 aromatic heterocycles. The van der Waals surface area contributed by atoms with Gasteiger partial charge in [0, 0.05) is 0 Å². The maximum Gasteiger partial charge on any atom is 0.426 e. The lowest BCUT2D eigenvalue weighted by Crippen LogP contribution is -2.37. The van der Waals surface area contributed by atoms with Gasteiger partial charge in [0.1, 0.15) is 0 Å². The highest BCUT2D eigenvalue weighted by Gasteiger charge is 2.55. The third kappa shape index (κ3) is 2.68. The van der Waals surface area contributed by atoms with Gasteiger partial charge in [0.2, 0.25) is 0 Å². The highest BCUT2D eigenvalue weighted by Crippen LogP contribution is 2.36. The minimum Gasteiger partial charge on any atom is -0.230 e. The van der Waals surface area contributed by atoms with Crippen molar-refractivity contribution in [1.82, 2.24) is 0 Å². The summed E-state index contributed by atoms with van der Waals surface area (Å²) in [5, 5.41) is -4.77. The molecule has 61 valence electrons. The SMILES string of the molecule is FC(C(F)(F)F)C(F)(F)[S]. The minimum atomic E-state index is -5.58. The first-order chi connectivity index (χ1) is 4.15. The molecule has 0 saturated heterocycles. The fraction of sp³-hybridized carbons (Fsp3) is 1.00. The van der Waals surface area contributed by atoms with Gasteiger partial charge in [0.15, 0.2) is 0 Å². The van der Waals surface area contributed by atoms with Gasteiger partial charge in [-0.25, -0.2) is 4.39 Å². The zero-order valence-corrected chi connectivity index (χ0v) is 5.07. The maximum atomic E-state index is 11.4. The molecule has 0 aliphatic rings. The Labute approximate surface area is 57.6 Å². The van der Waals surface area contributed by atoms with Gasteiger partial charge in [-0.2, -0.15) is 22.0 Å². The molecule has 7 heteroatoms. The third-order valence-electron chi connectivity index (χ3n) is 0.582. The van der Waals surface area contributed by atoms with Gasteiger partial charge in [0.25, 0.3) is 6.17 Å². The fourth-order valence-corrected chi connectivity index (χ4v) is 0.324. The van der Waals surface area contributed by atoms with Crippen LogP contribution in [0.4, 0.5) is 26.3 Å².